The zero-order valence-corrected chi connectivity index (χ0v) is 28.0. The average molecular weight is 760 g/mol. The molecule has 0 aliphatic carbocycles. The minimum absolute atomic E-state index is 0. The number of aryl methyl sites for hydroxylation is 3. The molecular weight excluding hydrogens is 729 g/mol. The largest absolute Gasteiger partial charge is 3.00 e. The first-order valence-corrected chi connectivity index (χ1v) is 14.9. The Kier molecular flexibility index (Phi) is 7.32. The Morgan fingerprint density at radius 3 is 2.18 bits per heavy atom. The molecule has 0 saturated carbocycles. The van der Waals surface area contributed by atoms with Gasteiger partial charge in [-0.05, 0) is 55.7 Å². The van der Waals surface area contributed by atoms with Gasteiger partial charge in [-0.1, -0.05) is 72.6 Å². The van der Waals surface area contributed by atoms with Gasteiger partial charge in [-0.25, -0.2) is 0 Å². The van der Waals surface area contributed by atoms with E-state index in [4.69, 9.17) is 0 Å². The maximum atomic E-state index is 4.41. The number of aromatic nitrogens is 2. The van der Waals surface area contributed by atoms with Crippen LogP contribution in [0, 0.1) is 39.6 Å². The van der Waals surface area contributed by atoms with E-state index >= 15 is 0 Å². The van der Waals surface area contributed by atoms with Crippen LogP contribution < -0.4 is 9.80 Å². The van der Waals surface area contributed by atoms with Crippen LogP contribution in [0.5, 0.6) is 0 Å². The first-order valence-electron chi connectivity index (χ1n) is 14.9. The van der Waals surface area contributed by atoms with Crippen molar-refractivity contribution in [2.24, 2.45) is 0 Å². The van der Waals surface area contributed by atoms with Crippen LogP contribution in [0.15, 0.2) is 109 Å². The fourth-order valence-corrected chi connectivity index (χ4v) is 6.39. The molecule has 3 aromatic heterocycles. The van der Waals surface area contributed by atoms with E-state index in [1.165, 1.54) is 66.2 Å². The van der Waals surface area contributed by atoms with E-state index < -0.39 is 0 Å². The minimum Gasteiger partial charge on any atom is -0.504 e. The Hall–Kier alpha value is -4.70. The van der Waals surface area contributed by atoms with Crippen LogP contribution >= 0.6 is 0 Å². The summed E-state index contributed by atoms with van der Waals surface area (Å²) in [5, 5.41) is 5.19. The molecule has 4 nitrogen and oxygen atoms in total. The van der Waals surface area contributed by atoms with Crippen molar-refractivity contribution < 1.29 is 20.1 Å². The molecule has 45 heavy (non-hydrogen) atoms. The molecule has 0 radical (unpaired) electrons. The summed E-state index contributed by atoms with van der Waals surface area (Å²) >= 11 is 0. The number of rotatable bonds is 2. The van der Waals surface area contributed by atoms with Gasteiger partial charge in [0.25, 0.3) is 0 Å². The smallest absolute Gasteiger partial charge is 0.504 e. The average Bonchev–Trinajstić information content (AvgIpc) is 3.70. The van der Waals surface area contributed by atoms with Crippen molar-refractivity contribution >= 4 is 55.2 Å². The molecule has 0 saturated heterocycles. The fourth-order valence-electron chi connectivity index (χ4n) is 6.39. The van der Waals surface area contributed by atoms with E-state index in [0.29, 0.717) is 0 Å². The number of para-hydroxylation sites is 4. The fraction of sp³-hybridized carbons (Fsp3) is 0.100. The molecule has 0 atom stereocenters. The van der Waals surface area contributed by atoms with Gasteiger partial charge in [-0.2, -0.15) is 18.8 Å². The Labute approximate surface area is 277 Å². The number of fused-ring (bicyclic) bond motifs is 7. The quantitative estimate of drug-likeness (QED) is 0.164. The molecule has 0 unspecified atom stereocenters. The second-order valence-electron chi connectivity index (χ2n) is 11.7. The maximum Gasteiger partial charge on any atom is 3.00 e. The Balaban J connectivity index is 0.000000173. The van der Waals surface area contributed by atoms with Crippen LogP contribution in [0.4, 0.5) is 17.1 Å². The van der Waals surface area contributed by atoms with E-state index in [2.05, 4.69) is 163 Å². The maximum absolute atomic E-state index is 4.41. The molecule has 8 aromatic rings. The van der Waals surface area contributed by atoms with Crippen molar-refractivity contribution in [3.8, 4) is 11.3 Å². The molecule has 220 valence electrons. The van der Waals surface area contributed by atoms with E-state index in [9.17, 15) is 0 Å². The second-order valence-corrected chi connectivity index (χ2v) is 11.7. The second kappa shape index (κ2) is 11.3. The number of hydrogen-bond donors (Lipinski definition) is 0. The van der Waals surface area contributed by atoms with Crippen LogP contribution in [0.25, 0.3) is 49.4 Å². The van der Waals surface area contributed by atoms with Crippen LogP contribution in [0.2, 0.25) is 0 Å². The first kappa shape index (κ1) is 29.0. The van der Waals surface area contributed by atoms with Crippen molar-refractivity contribution in [3.05, 3.63) is 145 Å². The molecule has 9 rings (SSSR count). The van der Waals surface area contributed by atoms with Gasteiger partial charge in [0.05, 0.1) is 0 Å². The number of pyridine rings is 1. The van der Waals surface area contributed by atoms with Crippen molar-refractivity contribution in [2.75, 3.05) is 16.8 Å². The van der Waals surface area contributed by atoms with Gasteiger partial charge < -0.3 is 19.2 Å². The van der Waals surface area contributed by atoms with E-state index in [0.717, 1.165) is 16.9 Å². The molecule has 1 aliphatic heterocycles. The van der Waals surface area contributed by atoms with E-state index in [1.807, 2.05) is 12.3 Å². The summed E-state index contributed by atoms with van der Waals surface area (Å²) in [6.45, 7) is 8.38. The molecule has 5 heteroatoms. The summed E-state index contributed by atoms with van der Waals surface area (Å²) in [5.74, 6) is 0. The van der Waals surface area contributed by atoms with Crippen molar-refractivity contribution in [1.82, 2.24) is 9.38 Å². The predicted molar refractivity (Wildman–Crippen MR) is 184 cm³/mol. The summed E-state index contributed by atoms with van der Waals surface area (Å²) < 4.78 is 2.39. The summed E-state index contributed by atoms with van der Waals surface area (Å²) in [6, 6.07) is 43.2. The van der Waals surface area contributed by atoms with Gasteiger partial charge in [0.15, 0.2) is 0 Å². The van der Waals surface area contributed by atoms with Crippen LogP contribution in [-0.2, 0) is 20.1 Å². The number of benzene rings is 5. The molecule has 0 fully saturated rings. The van der Waals surface area contributed by atoms with Gasteiger partial charge >= 0.3 is 20.1 Å². The molecule has 0 amide bonds. The van der Waals surface area contributed by atoms with Crippen molar-refractivity contribution in [2.45, 2.75) is 20.8 Å². The van der Waals surface area contributed by atoms with Crippen LogP contribution in [-0.4, -0.2) is 16.4 Å². The zero-order chi connectivity index (χ0) is 29.9. The summed E-state index contributed by atoms with van der Waals surface area (Å²) in [7, 11) is 2.09. The first-order chi connectivity index (χ1) is 21.5. The summed E-state index contributed by atoms with van der Waals surface area (Å²) in [4.78, 5) is 8.79. The SMILES string of the molecule is CN1[CH-]N(c2[c-]cc3c(c2)c2cccc4c5ccccc5n3c24)c2ccccc21.Cc1c[c-]c(-c2cc(C)c(C)cn2)cc1.[Ir+3]. The number of hydrogen-bond acceptors (Lipinski definition) is 3. The minimum atomic E-state index is 0. The van der Waals surface area contributed by atoms with E-state index in [1.54, 1.807) is 0 Å². The Morgan fingerprint density at radius 1 is 0.667 bits per heavy atom. The van der Waals surface area contributed by atoms with Gasteiger partial charge in [0.1, 0.15) is 0 Å². The molecule has 0 bridgehead atoms. The summed E-state index contributed by atoms with van der Waals surface area (Å²) in [6.07, 6.45) is 1.92. The standard InChI is InChI=1S/C26H17N3.C14H14N.Ir/c1-27-16-28(25-12-5-4-11-24(25)27)17-13-14-23-21(15-17)20-9-6-8-19-18-7-2-3-10-22(18)29(23)26(19)20;1-10-4-6-13(7-5-10)14-8-11(2)12(3)9-15-14;/h2-12,14-16H,1H3;4-6,8-9H,1-3H3;/q-2;-1;+3. The van der Waals surface area contributed by atoms with Crippen molar-refractivity contribution in [1.29, 1.82) is 0 Å². The van der Waals surface area contributed by atoms with Gasteiger partial charge in [-0.15, -0.1) is 52.5 Å². The van der Waals surface area contributed by atoms with Gasteiger partial charge in [0.2, 0.25) is 0 Å². The number of anilines is 3. The molecule has 0 spiro atoms. The van der Waals surface area contributed by atoms with Gasteiger partial charge in [0, 0.05) is 39.4 Å². The molecule has 5 aromatic carbocycles. The van der Waals surface area contributed by atoms with E-state index in [-0.39, 0.29) is 20.1 Å². The Bertz CT molecular complexity index is 2320. The number of nitrogens with zero attached hydrogens (tertiary/aromatic N) is 4. The van der Waals surface area contributed by atoms with Crippen LogP contribution in [0.1, 0.15) is 16.7 Å². The molecule has 0 N–H and O–H groups in total. The zero-order valence-electron chi connectivity index (χ0n) is 25.6. The summed E-state index contributed by atoms with van der Waals surface area (Å²) in [5.41, 5.74) is 13.0. The third-order valence-electron chi connectivity index (χ3n) is 8.83. The molecule has 1 aliphatic rings. The normalized spacial score (nSPS) is 12.5. The third kappa shape index (κ3) is 4.75. The topological polar surface area (TPSA) is 23.8 Å². The third-order valence-corrected chi connectivity index (χ3v) is 8.83. The van der Waals surface area contributed by atoms with Gasteiger partial charge in [-0.3, -0.25) is 0 Å². The molecule has 4 heterocycles. The molecular formula is C40H31IrN4. The Morgan fingerprint density at radius 2 is 1.40 bits per heavy atom. The predicted octanol–water partition coefficient (Wildman–Crippen LogP) is 9.82. The van der Waals surface area contributed by atoms with Crippen molar-refractivity contribution in [3.63, 3.8) is 0 Å². The van der Waals surface area contributed by atoms with Crippen LogP contribution in [0.3, 0.4) is 0 Å². The monoisotopic (exact) mass is 760 g/mol.